The highest BCUT2D eigenvalue weighted by atomic mass is 16.5. The number of hydrogen-bond donors (Lipinski definition) is 1. The van der Waals surface area contributed by atoms with Crippen molar-refractivity contribution in [3.05, 3.63) is 89.4 Å². The number of carbonyl (C=O) groups excluding carboxylic acids is 2. The van der Waals surface area contributed by atoms with Gasteiger partial charge in [0.05, 0.1) is 24.0 Å². The summed E-state index contributed by atoms with van der Waals surface area (Å²) in [6.45, 7) is 3.27. The van der Waals surface area contributed by atoms with E-state index in [1.165, 1.54) is 17.8 Å². The Morgan fingerprint density at radius 3 is 2.56 bits per heavy atom. The van der Waals surface area contributed by atoms with Crippen molar-refractivity contribution in [3.63, 3.8) is 0 Å². The summed E-state index contributed by atoms with van der Waals surface area (Å²) < 4.78 is 11.2. The highest BCUT2D eigenvalue weighted by Gasteiger charge is 2.20. The van der Waals surface area contributed by atoms with Gasteiger partial charge in [-0.15, -0.1) is 0 Å². The number of oxazole rings is 1. The average Bonchev–Trinajstić information content (AvgIpc) is 3.29. The molecule has 5 rings (SSSR count). The van der Waals surface area contributed by atoms with E-state index in [4.69, 9.17) is 9.15 Å². The standard InChI is InChI=1S/C13H12N2O4.C12H12N2O/c16-12-9-18-7-5-14(12)10-1-3-11(4-2-10)15-6-8-19-13(15)17;1-9(15)14-8-10-4-2-6-12-11(10)5-3-7-13-12/h1-4,6,8H,5,7,9H2;2-7H,8H2,1H3,(H,14,15). The molecule has 0 atom stereocenters. The summed E-state index contributed by atoms with van der Waals surface area (Å²) in [5.74, 6) is -0.509. The Morgan fingerprint density at radius 1 is 1.06 bits per heavy atom. The SMILES string of the molecule is CC(=O)NCc1cccc2ncccc12.O=C1COCCN1c1ccc(-n2ccoc2=O)cc1. The van der Waals surface area contributed by atoms with Crippen LogP contribution < -0.4 is 16.0 Å². The molecule has 0 spiro atoms. The number of pyridine rings is 1. The Hall–Kier alpha value is -4.24. The number of fused-ring (bicyclic) bond motifs is 1. The van der Waals surface area contributed by atoms with Crippen LogP contribution in [0.1, 0.15) is 12.5 Å². The van der Waals surface area contributed by atoms with Crippen molar-refractivity contribution in [2.45, 2.75) is 13.5 Å². The molecule has 1 aliphatic heterocycles. The van der Waals surface area contributed by atoms with E-state index in [-0.39, 0.29) is 18.4 Å². The third kappa shape index (κ3) is 5.38. The quantitative estimate of drug-likeness (QED) is 0.502. The van der Waals surface area contributed by atoms with Crippen LogP contribution in [0.2, 0.25) is 0 Å². The van der Waals surface area contributed by atoms with Gasteiger partial charge in [-0.25, -0.2) is 9.36 Å². The van der Waals surface area contributed by atoms with Crippen molar-refractivity contribution >= 4 is 28.4 Å². The maximum absolute atomic E-state index is 11.7. The van der Waals surface area contributed by atoms with Gasteiger partial charge in [-0.3, -0.25) is 14.6 Å². The van der Waals surface area contributed by atoms with Crippen LogP contribution in [0.15, 0.2) is 82.5 Å². The molecule has 9 heteroatoms. The molecule has 2 amide bonds. The van der Waals surface area contributed by atoms with E-state index in [9.17, 15) is 14.4 Å². The van der Waals surface area contributed by atoms with Gasteiger partial charge in [0.2, 0.25) is 5.91 Å². The Balaban J connectivity index is 0.000000166. The summed E-state index contributed by atoms with van der Waals surface area (Å²) in [5, 5.41) is 3.88. The highest BCUT2D eigenvalue weighted by molar-refractivity contribution is 5.94. The fourth-order valence-corrected chi connectivity index (χ4v) is 3.58. The van der Waals surface area contributed by atoms with E-state index < -0.39 is 5.76 Å². The number of aromatic nitrogens is 2. The number of rotatable bonds is 4. The first-order chi connectivity index (χ1) is 16.5. The predicted molar refractivity (Wildman–Crippen MR) is 127 cm³/mol. The predicted octanol–water partition coefficient (Wildman–Crippen LogP) is 2.66. The third-order valence-corrected chi connectivity index (χ3v) is 5.26. The lowest BCUT2D eigenvalue weighted by Gasteiger charge is -2.26. The first-order valence-corrected chi connectivity index (χ1v) is 10.7. The van der Waals surface area contributed by atoms with Crippen LogP contribution in [-0.2, 0) is 20.9 Å². The maximum atomic E-state index is 11.7. The highest BCUT2D eigenvalue weighted by Crippen LogP contribution is 2.19. The van der Waals surface area contributed by atoms with Crippen LogP contribution in [0.25, 0.3) is 16.6 Å². The van der Waals surface area contributed by atoms with Gasteiger partial charge in [-0.1, -0.05) is 18.2 Å². The van der Waals surface area contributed by atoms with E-state index in [0.717, 1.165) is 22.2 Å². The third-order valence-electron chi connectivity index (χ3n) is 5.26. The molecule has 1 aliphatic rings. The Kier molecular flexibility index (Phi) is 7.14. The molecule has 1 fully saturated rings. The van der Waals surface area contributed by atoms with Crippen molar-refractivity contribution in [2.24, 2.45) is 0 Å². The summed E-state index contributed by atoms with van der Waals surface area (Å²) in [4.78, 5) is 39.8. The summed E-state index contributed by atoms with van der Waals surface area (Å²) in [5.41, 5.74) is 3.55. The smallest absolute Gasteiger partial charge is 0.416 e. The number of ether oxygens (including phenoxy) is 1. The normalized spacial score (nSPS) is 13.3. The van der Waals surface area contributed by atoms with Gasteiger partial charge < -0.3 is 19.4 Å². The molecule has 9 nitrogen and oxygen atoms in total. The minimum atomic E-state index is -0.435. The van der Waals surface area contributed by atoms with E-state index in [1.807, 2.05) is 30.3 Å². The molecule has 2 aromatic heterocycles. The second kappa shape index (κ2) is 10.6. The molecule has 0 saturated carbocycles. The molecule has 0 bridgehead atoms. The zero-order valence-corrected chi connectivity index (χ0v) is 18.6. The number of benzene rings is 2. The molecule has 4 aromatic rings. The van der Waals surface area contributed by atoms with Crippen LogP contribution in [0.3, 0.4) is 0 Å². The van der Waals surface area contributed by atoms with Gasteiger partial charge in [-0.05, 0) is 42.0 Å². The number of morpholine rings is 1. The van der Waals surface area contributed by atoms with Gasteiger partial charge in [0.15, 0.2) is 0 Å². The van der Waals surface area contributed by atoms with E-state index in [2.05, 4.69) is 10.3 Å². The minimum Gasteiger partial charge on any atom is -0.416 e. The minimum absolute atomic E-state index is 0.0177. The zero-order valence-electron chi connectivity index (χ0n) is 18.6. The van der Waals surface area contributed by atoms with Crippen LogP contribution in [0, 0.1) is 0 Å². The van der Waals surface area contributed by atoms with Crippen molar-refractivity contribution in [1.29, 1.82) is 0 Å². The number of amides is 2. The molecular weight excluding hydrogens is 436 g/mol. The van der Waals surface area contributed by atoms with Crippen molar-refractivity contribution < 1.29 is 18.7 Å². The number of nitrogens with one attached hydrogen (secondary N) is 1. The molecule has 0 aliphatic carbocycles. The lowest BCUT2D eigenvalue weighted by Crippen LogP contribution is -2.41. The molecule has 2 aromatic carbocycles. The lowest BCUT2D eigenvalue weighted by molar-refractivity contribution is -0.125. The van der Waals surface area contributed by atoms with Crippen LogP contribution >= 0.6 is 0 Å². The molecule has 174 valence electrons. The van der Waals surface area contributed by atoms with Crippen LogP contribution in [0.5, 0.6) is 0 Å². The fraction of sp³-hybridized carbons (Fsp3) is 0.200. The maximum Gasteiger partial charge on any atom is 0.423 e. The summed E-state index contributed by atoms with van der Waals surface area (Å²) in [6.07, 6.45) is 4.66. The lowest BCUT2D eigenvalue weighted by atomic mass is 10.1. The average molecular weight is 460 g/mol. The number of hydrogen-bond acceptors (Lipinski definition) is 6. The molecule has 1 N–H and O–H groups in total. The van der Waals surface area contributed by atoms with Crippen LogP contribution in [-0.4, -0.2) is 41.1 Å². The number of carbonyl (C=O) groups is 2. The fourth-order valence-electron chi connectivity index (χ4n) is 3.58. The Bertz CT molecular complexity index is 1340. The van der Waals surface area contributed by atoms with Crippen molar-refractivity contribution in [1.82, 2.24) is 14.9 Å². The van der Waals surface area contributed by atoms with Gasteiger partial charge in [0.1, 0.15) is 12.9 Å². The number of nitrogens with zero attached hydrogens (tertiary/aromatic N) is 3. The zero-order chi connectivity index (χ0) is 23.9. The van der Waals surface area contributed by atoms with Crippen LogP contribution in [0.4, 0.5) is 5.69 Å². The van der Waals surface area contributed by atoms with E-state index in [0.29, 0.717) is 25.4 Å². The summed E-state index contributed by atoms with van der Waals surface area (Å²) >= 11 is 0. The first kappa shape index (κ1) is 22.9. The molecule has 1 saturated heterocycles. The van der Waals surface area contributed by atoms with Gasteiger partial charge in [-0.2, -0.15) is 0 Å². The Labute approximate surface area is 195 Å². The molecule has 0 radical (unpaired) electrons. The van der Waals surface area contributed by atoms with Gasteiger partial charge in [0, 0.05) is 37.3 Å². The molecule has 0 unspecified atom stereocenters. The Morgan fingerprint density at radius 2 is 1.85 bits per heavy atom. The van der Waals surface area contributed by atoms with Crippen molar-refractivity contribution in [3.8, 4) is 5.69 Å². The summed E-state index contributed by atoms with van der Waals surface area (Å²) in [6, 6.07) is 17.0. The largest absolute Gasteiger partial charge is 0.423 e. The van der Waals surface area contributed by atoms with Crippen molar-refractivity contribution in [2.75, 3.05) is 24.7 Å². The molecule has 3 heterocycles. The monoisotopic (exact) mass is 460 g/mol. The van der Waals surface area contributed by atoms with Gasteiger partial charge in [0.25, 0.3) is 5.91 Å². The molecular formula is C25H24N4O5. The van der Waals surface area contributed by atoms with E-state index >= 15 is 0 Å². The van der Waals surface area contributed by atoms with E-state index in [1.54, 1.807) is 41.6 Å². The second-order valence-corrected chi connectivity index (χ2v) is 7.55. The van der Waals surface area contributed by atoms with Gasteiger partial charge >= 0.3 is 5.76 Å². The first-order valence-electron chi connectivity index (χ1n) is 10.7. The summed E-state index contributed by atoms with van der Waals surface area (Å²) in [7, 11) is 0. The topological polar surface area (TPSA) is 107 Å². The second-order valence-electron chi connectivity index (χ2n) is 7.55. The number of anilines is 1. The molecule has 34 heavy (non-hydrogen) atoms.